The highest BCUT2D eigenvalue weighted by atomic mass is 16.6. The van der Waals surface area contributed by atoms with E-state index < -0.39 is 5.97 Å². The number of carbonyl (C=O) groups is 1. The molecule has 0 fully saturated rings. The first-order valence-corrected chi connectivity index (χ1v) is 7.37. The van der Waals surface area contributed by atoms with E-state index in [-0.39, 0.29) is 6.61 Å². The minimum atomic E-state index is -0.460. The number of hydrogen-bond acceptors (Lipinski definition) is 4. The Labute approximate surface area is 130 Å². The third-order valence-corrected chi connectivity index (χ3v) is 3.07. The highest BCUT2D eigenvalue weighted by Gasteiger charge is 2.11. The number of esters is 1. The molecule has 0 N–H and O–H groups in total. The Morgan fingerprint density at radius 2 is 1.50 bits per heavy atom. The van der Waals surface area contributed by atoms with Gasteiger partial charge in [0.15, 0.2) is 18.1 Å². The van der Waals surface area contributed by atoms with Crippen molar-refractivity contribution in [3.63, 3.8) is 0 Å². The predicted molar refractivity (Wildman–Crippen MR) is 84.6 cm³/mol. The lowest BCUT2D eigenvalue weighted by molar-refractivity contribution is -0.136. The predicted octanol–water partition coefficient (Wildman–Crippen LogP) is 3.63. The van der Waals surface area contributed by atoms with Crippen LogP contribution in [0.3, 0.4) is 0 Å². The molecule has 116 valence electrons. The molecule has 4 heteroatoms. The van der Waals surface area contributed by atoms with E-state index in [0.717, 1.165) is 12.0 Å². The Kier molecular flexibility index (Phi) is 5.83. The first-order chi connectivity index (χ1) is 10.7. The second-order valence-corrected chi connectivity index (χ2v) is 4.60. The molecule has 2 aromatic rings. The van der Waals surface area contributed by atoms with Crippen LogP contribution in [-0.4, -0.2) is 19.2 Å². The largest absolute Gasteiger partial charge is 0.490 e. The molecule has 0 saturated heterocycles. The van der Waals surface area contributed by atoms with Crippen LogP contribution in [0.2, 0.25) is 0 Å². The molecule has 0 bridgehead atoms. The highest BCUT2D eigenvalue weighted by molar-refractivity contribution is 5.74. The molecule has 0 atom stereocenters. The van der Waals surface area contributed by atoms with Gasteiger partial charge in [-0.05, 0) is 37.1 Å². The summed E-state index contributed by atoms with van der Waals surface area (Å²) in [5.41, 5.74) is 1.06. The topological polar surface area (TPSA) is 44.8 Å². The van der Waals surface area contributed by atoms with E-state index >= 15 is 0 Å². The summed E-state index contributed by atoms with van der Waals surface area (Å²) < 4.78 is 16.3. The van der Waals surface area contributed by atoms with E-state index in [1.807, 2.05) is 44.2 Å². The van der Waals surface area contributed by atoms with Crippen molar-refractivity contribution >= 4 is 5.97 Å². The molecule has 0 aliphatic heterocycles. The quantitative estimate of drug-likeness (QED) is 0.578. The van der Waals surface area contributed by atoms with Gasteiger partial charge in [0.05, 0.1) is 6.61 Å². The number of ether oxygens (including phenoxy) is 3. The van der Waals surface area contributed by atoms with Crippen LogP contribution in [0, 0.1) is 0 Å². The van der Waals surface area contributed by atoms with E-state index in [2.05, 4.69) is 0 Å². The van der Waals surface area contributed by atoms with E-state index in [1.54, 1.807) is 18.2 Å². The standard InChI is InChI=1S/C18H20O4/c1-3-14-9-5-6-10-15(14)21-13-18(19)22-17-12-8-7-11-16(17)20-4-2/h5-12H,3-4,13H2,1-2H3. The maximum atomic E-state index is 11.9. The van der Waals surface area contributed by atoms with Gasteiger partial charge in [0.1, 0.15) is 5.75 Å². The van der Waals surface area contributed by atoms with Crippen LogP contribution in [0.1, 0.15) is 19.4 Å². The zero-order valence-electron chi connectivity index (χ0n) is 12.9. The van der Waals surface area contributed by atoms with Crippen molar-refractivity contribution in [3.8, 4) is 17.2 Å². The van der Waals surface area contributed by atoms with Gasteiger partial charge in [-0.2, -0.15) is 0 Å². The number of benzene rings is 2. The summed E-state index contributed by atoms with van der Waals surface area (Å²) >= 11 is 0. The fourth-order valence-electron chi connectivity index (χ4n) is 2.03. The van der Waals surface area contributed by atoms with E-state index in [1.165, 1.54) is 0 Å². The normalized spacial score (nSPS) is 10.1. The Morgan fingerprint density at radius 1 is 0.864 bits per heavy atom. The van der Waals surface area contributed by atoms with E-state index in [4.69, 9.17) is 14.2 Å². The first-order valence-electron chi connectivity index (χ1n) is 7.37. The van der Waals surface area contributed by atoms with Gasteiger partial charge in [-0.3, -0.25) is 0 Å². The number of para-hydroxylation sites is 3. The Hall–Kier alpha value is -2.49. The lowest BCUT2D eigenvalue weighted by Gasteiger charge is -2.12. The van der Waals surface area contributed by atoms with Gasteiger partial charge >= 0.3 is 5.97 Å². The molecule has 2 rings (SSSR count). The molecule has 0 amide bonds. The molecule has 2 aromatic carbocycles. The van der Waals surface area contributed by atoms with Crippen LogP contribution in [0.5, 0.6) is 17.2 Å². The molecule has 0 radical (unpaired) electrons. The Balaban J connectivity index is 1.96. The third kappa shape index (κ3) is 4.25. The fraction of sp³-hybridized carbons (Fsp3) is 0.278. The smallest absolute Gasteiger partial charge is 0.349 e. The SMILES string of the molecule is CCOc1ccccc1OC(=O)COc1ccccc1CC. The van der Waals surface area contributed by atoms with Gasteiger partial charge in [0.2, 0.25) is 0 Å². The van der Waals surface area contributed by atoms with Crippen molar-refractivity contribution in [1.29, 1.82) is 0 Å². The van der Waals surface area contributed by atoms with Gasteiger partial charge < -0.3 is 14.2 Å². The lowest BCUT2D eigenvalue weighted by Crippen LogP contribution is -2.18. The number of hydrogen-bond donors (Lipinski definition) is 0. The molecule has 4 nitrogen and oxygen atoms in total. The average Bonchev–Trinajstić information content (AvgIpc) is 2.55. The zero-order valence-corrected chi connectivity index (χ0v) is 12.9. The van der Waals surface area contributed by atoms with Gasteiger partial charge in [0, 0.05) is 0 Å². The Morgan fingerprint density at radius 3 is 2.18 bits per heavy atom. The number of carbonyl (C=O) groups excluding carboxylic acids is 1. The lowest BCUT2D eigenvalue weighted by atomic mass is 10.1. The second-order valence-electron chi connectivity index (χ2n) is 4.60. The molecule has 0 spiro atoms. The summed E-state index contributed by atoms with van der Waals surface area (Å²) in [4.78, 5) is 11.9. The van der Waals surface area contributed by atoms with Crippen molar-refractivity contribution in [2.75, 3.05) is 13.2 Å². The molecule has 22 heavy (non-hydrogen) atoms. The second kappa shape index (κ2) is 8.08. The monoisotopic (exact) mass is 300 g/mol. The van der Waals surface area contributed by atoms with Crippen molar-refractivity contribution in [2.24, 2.45) is 0 Å². The fourth-order valence-corrected chi connectivity index (χ4v) is 2.03. The molecule has 0 heterocycles. The molecular formula is C18H20O4. The van der Waals surface area contributed by atoms with Crippen LogP contribution in [-0.2, 0) is 11.2 Å². The molecule has 0 aliphatic rings. The molecule has 0 aliphatic carbocycles. The van der Waals surface area contributed by atoms with Gasteiger partial charge in [-0.15, -0.1) is 0 Å². The van der Waals surface area contributed by atoms with Crippen LogP contribution < -0.4 is 14.2 Å². The first kappa shape index (κ1) is 15.9. The van der Waals surface area contributed by atoms with Crippen molar-refractivity contribution in [2.45, 2.75) is 20.3 Å². The van der Waals surface area contributed by atoms with Gasteiger partial charge in [-0.1, -0.05) is 37.3 Å². The van der Waals surface area contributed by atoms with Crippen LogP contribution in [0.15, 0.2) is 48.5 Å². The van der Waals surface area contributed by atoms with E-state index in [9.17, 15) is 4.79 Å². The van der Waals surface area contributed by atoms with Crippen LogP contribution in [0.25, 0.3) is 0 Å². The summed E-state index contributed by atoms with van der Waals surface area (Å²) in [7, 11) is 0. The minimum Gasteiger partial charge on any atom is -0.490 e. The minimum absolute atomic E-state index is 0.141. The summed E-state index contributed by atoms with van der Waals surface area (Å²) in [5.74, 6) is 1.20. The summed E-state index contributed by atoms with van der Waals surface area (Å²) in [6.07, 6.45) is 0.846. The molecule has 0 unspecified atom stereocenters. The number of rotatable bonds is 7. The van der Waals surface area contributed by atoms with Gasteiger partial charge in [-0.25, -0.2) is 4.79 Å². The Bertz CT molecular complexity index is 622. The molecular weight excluding hydrogens is 280 g/mol. The maximum Gasteiger partial charge on any atom is 0.349 e. The molecule has 0 saturated carbocycles. The molecule has 0 aromatic heterocycles. The van der Waals surface area contributed by atoms with Crippen LogP contribution >= 0.6 is 0 Å². The third-order valence-electron chi connectivity index (χ3n) is 3.07. The number of aryl methyl sites for hydroxylation is 1. The summed E-state index contributed by atoms with van der Waals surface area (Å²) in [6.45, 7) is 4.29. The summed E-state index contributed by atoms with van der Waals surface area (Å²) in [5, 5.41) is 0. The summed E-state index contributed by atoms with van der Waals surface area (Å²) in [6, 6.07) is 14.7. The van der Waals surface area contributed by atoms with E-state index in [0.29, 0.717) is 23.9 Å². The highest BCUT2D eigenvalue weighted by Crippen LogP contribution is 2.26. The van der Waals surface area contributed by atoms with Crippen molar-refractivity contribution in [1.82, 2.24) is 0 Å². The average molecular weight is 300 g/mol. The zero-order chi connectivity index (χ0) is 15.8. The van der Waals surface area contributed by atoms with Gasteiger partial charge in [0.25, 0.3) is 0 Å². The van der Waals surface area contributed by atoms with Crippen molar-refractivity contribution < 1.29 is 19.0 Å². The van der Waals surface area contributed by atoms with Crippen molar-refractivity contribution in [3.05, 3.63) is 54.1 Å². The maximum absolute atomic E-state index is 11.9. The van der Waals surface area contributed by atoms with Crippen LogP contribution in [0.4, 0.5) is 0 Å².